The Morgan fingerprint density at radius 2 is 1.85 bits per heavy atom. The average molecular weight is 492 g/mol. The number of fused-ring (bicyclic) bond motifs is 4. The summed E-state index contributed by atoms with van der Waals surface area (Å²) in [4.78, 5) is 0. The van der Waals surface area contributed by atoms with Crippen molar-refractivity contribution in [2.75, 3.05) is 11.6 Å². The van der Waals surface area contributed by atoms with Crippen molar-refractivity contribution in [1.82, 2.24) is 18.7 Å². The maximum Gasteiger partial charge on any atom is 0.236 e. The van der Waals surface area contributed by atoms with Crippen LogP contribution in [0.4, 0.5) is 14.5 Å². The van der Waals surface area contributed by atoms with Crippen LogP contribution < -0.4 is 5.32 Å². The summed E-state index contributed by atoms with van der Waals surface area (Å²) in [5.41, 5.74) is 1.15. The van der Waals surface area contributed by atoms with E-state index in [-0.39, 0.29) is 21.7 Å². The van der Waals surface area contributed by atoms with E-state index in [1.54, 1.807) is 13.8 Å². The van der Waals surface area contributed by atoms with Crippen LogP contribution in [0.15, 0.2) is 24.4 Å². The molecule has 172 valence electrons. The maximum atomic E-state index is 15.8. The topological polar surface area (TPSA) is 81.8 Å². The van der Waals surface area contributed by atoms with Gasteiger partial charge in [-0.25, -0.2) is 21.2 Å². The molecule has 0 unspecified atom stereocenters. The fraction of sp³-hybridized carbons (Fsp3) is 0.273. The Kier molecular flexibility index (Phi) is 4.48. The highest BCUT2D eigenvalue weighted by Gasteiger charge is 2.38. The van der Waals surface area contributed by atoms with E-state index >= 15 is 4.39 Å². The molecule has 5 rings (SSSR count). The van der Waals surface area contributed by atoms with Crippen LogP contribution in [-0.4, -0.2) is 33.4 Å². The lowest BCUT2D eigenvalue weighted by molar-refractivity contribution is 0.532. The quantitative estimate of drug-likeness (QED) is 0.431. The Labute approximate surface area is 194 Å². The molecule has 0 saturated carbocycles. The minimum atomic E-state index is -3.70. The highest BCUT2D eigenvalue weighted by atomic mass is 35.5. The van der Waals surface area contributed by atoms with Gasteiger partial charge in [0.15, 0.2) is 11.6 Å². The van der Waals surface area contributed by atoms with Gasteiger partial charge >= 0.3 is 0 Å². The molecule has 0 amide bonds. The van der Waals surface area contributed by atoms with Gasteiger partial charge in [-0.2, -0.15) is 0 Å². The van der Waals surface area contributed by atoms with E-state index in [2.05, 4.69) is 15.5 Å². The standard InChI is InChI=1S/C22H20ClF2N5O2S/c1-10-16(14-8-12(24)9-15-13(14)6-7-29(15)33(5,31)32)18(25)17(23)19-20(10)30-11(2)27-28-21(30)22(3,4)26-19/h6-9,26H,1-5H3. The molecule has 7 nitrogen and oxygen atoms in total. The summed E-state index contributed by atoms with van der Waals surface area (Å²) >= 11 is 6.53. The van der Waals surface area contributed by atoms with Gasteiger partial charge in [-0.05, 0) is 57.0 Å². The van der Waals surface area contributed by atoms with Crippen molar-refractivity contribution in [2.45, 2.75) is 33.2 Å². The SMILES string of the molecule is Cc1c(-c2cc(F)cc3c2ccn3S(C)(=O)=O)c(F)c(Cl)c2c1-n1c(C)nnc1C(C)(C)N2. The minimum absolute atomic E-state index is 0.0788. The van der Waals surface area contributed by atoms with E-state index < -0.39 is 27.2 Å². The Balaban J connectivity index is 1.91. The second-order valence-corrected chi connectivity index (χ2v) is 11.0. The first kappa shape index (κ1) is 21.8. The monoisotopic (exact) mass is 491 g/mol. The average Bonchev–Trinajstić information content (AvgIpc) is 3.30. The van der Waals surface area contributed by atoms with Crippen molar-refractivity contribution in [1.29, 1.82) is 0 Å². The molecule has 1 N–H and O–H groups in total. The van der Waals surface area contributed by atoms with E-state index in [4.69, 9.17) is 11.6 Å². The molecule has 1 aliphatic heterocycles. The summed E-state index contributed by atoms with van der Waals surface area (Å²) in [7, 11) is -3.70. The zero-order chi connectivity index (χ0) is 24.0. The Bertz CT molecular complexity index is 1610. The summed E-state index contributed by atoms with van der Waals surface area (Å²) < 4.78 is 57.6. The zero-order valence-electron chi connectivity index (χ0n) is 18.5. The van der Waals surface area contributed by atoms with E-state index in [0.29, 0.717) is 34.0 Å². The number of anilines is 1. The lowest BCUT2D eigenvalue weighted by Crippen LogP contribution is -2.36. The highest BCUT2D eigenvalue weighted by Crippen LogP contribution is 2.48. The molecule has 0 spiro atoms. The first-order valence-corrected chi connectivity index (χ1v) is 12.3. The van der Waals surface area contributed by atoms with Crippen LogP contribution in [0.5, 0.6) is 0 Å². The van der Waals surface area contributed by atoms with Crippen molar-refractivity contribution in [3.8, 4) is 16.8 Å². The van der Waals surface area contributed by atoms with Gasteiger partial charge in [0.05, 0.1) is 28.7 Å². The third-order valence-electron chi connectivity index (χ3n) is 6.01. The lowest BCUT2D eigenvalue weighted by Gasteiger charge is -2.36. The van der Waals surface area contributed by atoms with Crippen molar-refractivity contribution in [3.63, 3.8) is 0 Å². The first-order chi connectivity index (χ1) is 15.3. The van der Waals surface area contributed by atoms with Gasteiger partial charge in [0.25, 0.3) is 0 Å². The third-order valence-corrected chi connectivity index (χ3v) is 7.40. The van der Waals surface area contributed by atoms with Gasteiger partial charge in [-0.15, -0.1) is 10.2 Å². The molecule has 0 aliphatic carbocycles. The van der Waals surface area contributed by atoms with Crippen molar-refractivity contribution >= 4 is 38.2 Å². The number of hydrogen-bond donors (Lipinski definition) is 1. The minimum Gasteiger partial charge on any atom is -0.370 e. The third kappa shape index (κ3) is 3.00. The lowest BCUT2D eigenvalue weighted by atomic mass is 9.91. The first-order valence-electron chi connectivity index (χ1n) is 10.1. The van der Waals surface area contributed by atoms with Crippen LogP contribution in [0.2, 0.25) is 5.02 Å². The zero-order valence-corrected chi connectivity index (χ0v) is 20.0. The largest absolute Gasteiger partial charge is 0.370 e. The molecule has 33 heavy (non-hydrogen) atoms. The second kappa shape index (κ2) is 6.77. The highest BCUT2D eigenvalue weighted by molar-refractivity contribution is 7.89. The van der Waals surface area contributed by atoms with Crippen LogP contribution in [0.25, 0.3) is 27.7 Å². The number of nitrogens with zero attached hydrogens (tertiary/aromatic N) is 4. The molecule has 11 heteroatoms. The molecule has 1 aliphatic rings. The number of aryl methyl sites for hydroxylation is 1. The van der Waals surface area contributed by atoms with Crippen molar-refractivity contribution < 1.29 is 17.2 Å². The fourth-order valence-corrected chi connectivity index (χ4v) is 5.61. The fourth-order valence-electron chi connectivity index (χ4n) is 4.59. The Morgan fingerprint density at radius 3 is 2.52 bits per heavy atom. The molecule has 2 aromatic heterocycles. The molecule has 4 aromatic rings. The normalized spacial score (nSPS) is 14.8. The predicted octanol–water partition coefficient (Wildman–Crippen LogP) is 4.91. The van der Waals surface area contributed by atoms with Gasteiger partial charge in [-0.3, -0.25) is 4.57 Å². The summed E-state index contributed by atoms with van der Waals surface area (Å²) in [5.74, 6) is -0.222. The molecule has 0 atom stereocenters. The van der Waals surface area contributed by atoms with E-state index in [1.807, 2.05) is 18.4 Å². The van der Waals surface area contributed by atoms with Crippen LogP contribution in [-0.2, 0) is 15.6 Å². The molecular formula is C22H20ClF2N5O2S. The second-order valence-electron chi connectivity index (χ2n) is 8.77. The van der Waals surface area contributed by atoms with Gasteiger partial charge in [0.1, 0.15) is 16.7 Å². The van der Waals surface area contributed by atoms with Gasteiger partial charge in [-0.1, -0.05) is 11.6 Å². The Hall–Kier alpha value is -2.98. The van der Waals surface area contributed by atoms with E-state index in [0.717, 1.165) is 16.3 Å². The van der Waals surface area contributed by atoms with E-state index in [9.17, 15) is 12.8 Å². The molecule has 2 aromatic carbocycles. The molecule has 0 fully saturated rings. The summed E-state index contributed by atoms with van der Waals surface area (Å²) in [6.07, 6.45) is 2.34. The Morgan fingerprint density at radius 1 is 1.15 bits per heavy atom. The van der Waals surface area contributed by atoms with Crippen LogP contribution >= 0.6 is 11.6 Å². The van der Waals surface area contributed by atoms with Crippen molar-refractivity contribution in [2.24, 2.45) is 0 Å². The number of hydrogen-bond acceptors (Lipinski definition) is 5. The van der Waals surface area contributed by atoms with Gasteiger partial charge in [0.2, 0.25) is 10.0 Å². The van der Waals surface area contributed by atoms with E-state index in [1.165, 1.54) is 18.3 Å². The maximum absolute atomic E-state index is 15.8. The predicted molar refractivity (Wildman–Crippen MR) is 124 cm³/mol. The summed E-state index contributed by atoms with van der Waals surface area (Å²) in [6, 6.07) is 3.82. The van der Waals surface area contributed by atoms with Crippen LogP contribution in [0.1, 0.15) is 31.1 Å². The molecule has 0 radical (unpaired) electrons. The smallest absolute Gasteiger partial charge is 0.236 e. The number of rotatable bonds is 2. The van der Waals surface area contributed by atoms with Gasteiger partial charge in [0, 0.05) is 17.1 Å². The molecule has 3 heterocycles. The molecule has 0 saturated heterocycles. The molecular weight excluding hydrogens is 472 g/mol. The summed E-state index contributed by atoms with van der Waals surface area (Å²) in [6.45, 7) is 7.26. The molecule has 0 bridgehead atoms. The van der Waals surface area contributed by atoms with Crippen LogP contribution in [0.3, 0.4) is 0 Å². The van der Waals surface area contributed by atoms with Crippen molar-refractivity contribution in [3.05, 3.63) is 58.3 Å². The number of aromatic nitrogens is 4. The van der Waals surface area contributed by atoms with Crippen LogP contribution in [0, 0.1) is 25.5 Å². The number of halogens is 3. The van der Waals surface area contributed by atoms with Gasteiger partial charge < -0.3 is 5.32 Å². The number of nitrogens with one attached hydrogen (secondary N) is 1. The summed E-state index contributed by atoms with van der Waals surface area (Å²) in [5, 5.41) is 11.9. The number of benzene rings is 2.